The Morgan fingerprint density at radius 1 is 1.22 bits per heavy atom. The van der Waals surface area contributed by atoms with E-state index < -0.39 is 11.0 Å². The van der Waals surface area contributed by atoms with Crippen molar-refractivity contribution in [2.75, 3.05) is 13.2 Å². The van der Waals surface area contributed by atoms with Gasteiger partial charge in [-0.1, -0.05) is 13.8 Å². The van der Waals surface area contributed by atoms with Crippen LogP contribution in [-0.4, -0.2) is 29.1 Å². The Morgan fingerprint density at radius 3 is 2.33 bits per heavy atom. The summed E-state index contributed by atoms with van der Waals surface area (Å²) in [6.07, 6.45) is 4.83. The maximum Gasteiger partial charge on any atom is 0.233 e. The Kier molecular flexibility index (Phi) is 2.41. The van der Waals surface area contributed by atoms with E-state index in [2.05, 4.69) is 15.3 Å². The average molecular weight is 247 g/mol. The number of fused-ring (bicyclic) bond motifs is 2. The summed E-state index contributed by atoms with van der Waals surface area (Å²) in [5.41, 5.74) is 0.750. The third-order valence-corrected chi connectivity index (χ3v) is 4.30. The number of carbonyl (C=O) groups is 1. The van der Waals surface area contributed by atoms with Crippen LogP contribution in [0.25, 0.3) is 0 Å². The molecule has 1 aromatic heterocycles. The molecule has 0 aliphatic carbocycles. The summed E-state index contributed by atoms with van der Waals surface area (Å²) in [7, 11) is 0. The lowest BCUT2D eigenvalue weighted by Gasteiger charge is -2.49. The first kappa shape index (κ1) is 11.6. The van der Waals surface area contributed by atoms with Crippen molar-refractivity contribution < 1.29 is 9.53 Å². The van der Waals surface area contributed by atoms with Gasteiger partial charge < -0.3 is 10.1 Å². The van der Waals surface area contributed by atoms with Gasteiger partial charge in [-0.05, 0) is 12.8 Å². The molecule has 5 nitrogen and oxygen atoms in total. The second-order valence-electron chi connectivity index (χ2n) is 5.07. The number of hydrogen-bond acceptors (Lipinski definition) is 4. The Morgan fingerprint density at radius 2 is 1.83 bits per heavy atom. The van der Waals surface area contributed by atoms with E-state index in [0.717, 1.165) is 24.2 Å². The fourth-order valence-corrected chi connectivity index (χ4v) is 2.96. The number of nitrogens with zero attached hydrogens (tertiary/aromatic N) is 2. The van der Waals surface area contributed by atoms with Crippen molar-refractivity contribution >= 4 is 5.91 Å². The molecule has 1 fully saturated rings. The lowest BCUT2D eigenvalue weighted by atomic mass is 9.70. The minimum atomic E-state index is -0.537. The second kappa shape index (κ2) is 3.75. The van der Waals surface area contributed by atoms with Crippen LogP contribution in [-0.2, 0) is 20.5 Å². The van der Waals surface area contributed by atoms with Gasteiger partial charge in [0, 0.05) is 12.4 Å². The van der Waals surface area contributed by atoms with E-state index in [4.69, 9.17) is 4.74 Å². The van der Waals surface area contributed by atoms with Crippen LogP contribution in [0.4, 0.5) is 0 Å². The lowest BCUT2D eigenvalue weighted by molar-refractivity contribution is -0.144. The SMILES string of the molecule is CCC1(CC)C(=O)NC2(COC2)c2nccnc21. The standard InChI is InChI=1S/C13H17N3O2/c1-3-12(4-2)9-10(15-6-5-14-9)13(7-18-8-13)16-11(12)17/h5-6H,3-4,7-8H2,1-2H3,(H,16,17). The Balaban J connectivity index is 2.21. The van der Waals surface area contributed by atoms with Crippen LogP contribution in [0.2, 0.25) is 0 Å². The van der Waals surface area contributed by atoms with Crippen LogP contribution < -0.4 is 5.32 Å². The molecule has 0 saturated carbocycles. The molecule has 2 aliphatic rings. The monoisotopic (exact) mass is 247 g/mol. The number of nitrogens with one attached hydrogen (secondary N) is 1. The summed E-state index contributed by atoms with van der Waals surface area (Å²) < 4.78 is 5.27. The third-order valence-electron chi connectivity index (χ3n) is 4.30. The van der Waals surface area contributed by atoms with Crippen molar-refractivity contribution in [3.05, 3.63) is 23.8 Å². The zero-order chi connectivity index (χ0) is 12.8. The number of aromatic nitrogens is 2. The van der Waals surface area contributed by atoms with Crippen molar-refractivity contribution in [3.63, 3.8) is 0 Å². The fraction of sp³-hybridized carbons (Fsp3) is 0.615. The van der Waals surface area contributed by atoms with Crippen molar-refractivity contribution in [2.24, 2.45) is 0 Å². The molecule has 18 heavy (non-hydrogen) atoms. The molecule has 1 amide bonds. The molecule has 0 radical (unpaired) electrons. The molecule has 0 atom stereocenters. The highest BCUT2D eigenvalue weighted by atomic mass is 16.5. The van der Waals surface area contributed by atoms with E-state index in [1.54, 1.807) is 12.4 Å². The Bertz CT molecular complexity index is 493. The van der Waals surface area contributed by atoms with E-state index in [1.807, 2.05) is 13.8 Å². The molecule has 3 rings (SSSR count). The van der Waals surface area contributed by atoms with Gasteiger partial charge in [0.25, 0.3) is 0 Å². The van der Waals surface area contributed by atoms with Crippen LogP contribution >= 0.6 is 0 Å². The Hall–Kier alpha value is -1.49. The topological polar surface area (TPSA) is 64.1 Å². The van der Waals surface area contributed by atoms with Crippen LogP contribution in [0, 0.1) is 0 Å². The summed E-state index contributed by atoms with van der Waals surface area (Å²) >= 11 is 0. The van der Waals surface area contributed by atoms with Gasteiger partial charge >= 0.3 is 0 Å². The molecule has 1 aromatic rings. The van der Waals surface area contributed by atoms with Gasteiger partial charge in [-0.25, -0.2) is 0 Å². The lowest BCUT2D eigenvalue weighted by Crippen LogP contribution is -2.67. The highest BCUT2D eigenvalue weighted by molar-refractivity contribution is 5.90. The van der Waals surface area contributed by atoms with Crippen molar-refractivity contribution in [1.82, 2.24) is 15.3 Å². The molecule has 1 spiro atoms. The van der Waals surface area contributed by atoms with E-state index in [9.17, 15) is 4.79 Å². The molecule has 0 aromatic carbocycles. The van der Waals surface area contributed by atoms with E-state index in [1.165, 1.54) is 0 Å². The van der Waals surface area contributed by atoms with Crippen LogP contribution in [0.1, 0.15) is 38.1 Å². The molecule has 2 aliphatic heterocycles. The summed E-state index contributed by atoms with van der Waals surface area (Å²) in [4.78, 5) is 21.4. The van der Waals surface area contributed by atoms with E-state index in [0.29, 0.717) is 13.2 Å². The second-order valence-corrected chi connectivity index (χ2v) is 5.07. The zero-order valence-corrected chi connectivity index (χ0v) is 10.7. The fourth-order valence-electron chi connectivity index (χ4n) is 2.96. The largest absolute Gasteiger partial charge is 0.376 e. The number of carbonyl (C=O) groups excluding carboxylic acids is 1. The minimum Gasteiger partial charge on any atom is -0.376 e. The van der Waals surface area contributed by atoms with E-state index >= 15 is 0 Å². The quantitative estimate of drug-likeness (QED) is 0.843. The highest BCUT2D eigenvalue weighted by Crippen LogP contribution is 2.43. The molecule has 96 valence electrons. The number of rotatable bonds is 2. The summed E-state index contributed by atoms with van der Waals surface area (Å²) in [6.45, 7) is 5.04. The summed E-state index contributed by atoms with van der Waals surface area (Å²) in [6, 6.07) is 0. The summed E-state index contributed by atoms with van der Waals surface area (Å²) in [5.74, 6) is 0.0591. The Labute approximate surface area is 106 Å². The van der Waals surface area contributed by atoms with Crippen molar-refractivity contribution in [2.45, 2.75) is 37.6 Å². The number of ether oxygens (including phenoxy) is 1. The first-order valence-electron chi connectivity index (χ1n) is 6.41. The average Bonchev–Trinajstić information content (AvgIpc) is 2.37. The minimum absolute atomic E-state index is 0.0591. The van der Waals surface area contributed by atoms with E-state index in [-0.39, 0.29) is 5.91 Å². The number of amides is 1. The molecule has 0 bridgehead atoms. The van der Waals surface area contributed by atoms with Gasteiger partial charge in [-0.15, -0.1) is 0 Å². The predicted octanol–water partition coefficient (Wildman–Crippen LogP) is 0.890. The molecule has 1 saturated heterocycles. The molecule has 3 heterocycles. The van der Waals surface area contributed by atoms with Crippen LogP contribution in [0.15, 0.2) is 12.4 Å². The maximum atomic E-state index is 12.5. The van der Waals surface area contributed by atoms with Crippen molar-refractivity contribution in [1.29, 1.82) is 0 Å². The molecule has 5 heteroatoms. The first-order valence-corrected chi connectivity index (χ1v) is 6.41. The zero-order valence-electron chi connectivity index (χ0n) is 10.7. The molecular weight excluding hydrogens is 230 g/mol. The molecule has 0 unspecified atom stereocenters. The maximum absolute atomic E-state index is 12.5. The van der Waals surface area contributed by atoms with Gasteiger partial charge in [0.1, 0.15) is 5.54 Å². The van der Waals surface area contributed by atoms with Crippen LogP contribution in [0.3, 0.4) is 0 Å². The highest BCUT2D eigenvalue weighted by Gasteiger charge is 2.55. The smallest absolute Gasteiger partial charge is 0.233 e. The van der Waals surface area contributed by atoms with Crippen LogP contribution in [0.5, 0.6) is 0 Å². The number of hydrogen-bond donors (Lipinski definition) is 1. The predicted molar refractivity (Wildman–Crippen MR) is 64.9 cm³/mol. The van der Waals surface area contributed by atoms with Crippen molar-refractivity contribution in [3.8, 4) is 0 Å². The van der Waals surface area contributed by atoms with Gasteiger partial charge in [0.15, 0.2) is 0 Å². The normalized spacial score (nSPS) is 23.1. The molecule has 1 N–H and O–H groups in total. The third kappa shape index (κ3) is 1.22. The van der Waals surface area contributed by atoms with Gasteiger partial charge in [0.2, 0.25) is 5.91 Å². The first-order chi connectivity index (χ1) is 8.68. The molecular formula is C13H17N3O2. The van der Waals surface area contributed by atoms with Gasteiger partial charge in [-0.3, -0.25) is 14.8 Å². The summed E-state index contributed by atoms with van der Waals surface area (Å²) in [5, 5.41) is 3.11. The van der Waals surface area contributed by atoms with Gasteiger partial charge in [0.05, 0.1) is 30.0 Å². The van der Waals surface area contributed by atoms with Gasteiger partial charge in [-0.2, -0.15) is 0 Å².